The van der Waals surface area contributed by atoms with Gasteiger partial charge in [-0.15, -0.1) is 0 Å². The number of piperidine rings is 1. The molecule has 0 radical (unpaired) electrons. The Bertz CT molecular complexity index is 906. The van der Waals surface area contributed by atoms with Gasteiger partial charge in [0.05, 0.1) is 24.3 Å². The minimum atomic E-state index is -5.08. The van der Waals surface area contributed by atoms with Crippen molar-refractivity contribution in [2.24, 2.45) is 0 Å². The first-order chi connectivity index (χ1) is 15.2. The second-order valence-electron chi connectivity index (χ2n) is 7.34. The second kappa shape index (κ2) is 9.90. The highest BCUT2D eigenvalue weighted by Crippen LogP contribution is 2.31. The summed E-state index contributed by atoms with van der Waals surface area (Å²) in [5.41, 5.74) is 0.422. The van der Waals surface area contributed by atoms with Crippen LogP contribution in [0, 0.1) is 0 Å². The van der Waals surface area contributed by atoms with Gasteiger partial charge < -0.3 is 19.6 Å². The molecule has 0 bridgehead atoms. The third-order valence-corrected chi connectivity index (χ3v) is 5.20. The number of nitrogens with zero attached hydrogens (tertiary/aromatic N) is 5. The number of hydrogen-bond donors (Lipinski definition) is 1. The number of ether oxygens (including phenoxy) is 1. The van der Waals surface area contributed by atoms with Crippen LogP contribution >= 0.6 is 0 Å². The van der Waals surface area contributed by atoms with E-state index in [1.807, 2.05) is 17.0 Å². The summed E-state index contributed by atoms with van der Waals surface area (Å²) in [5, 5.41) is 7.12. The molecule has 2 aliphatic heterocycles. The first-order valence-electron chi connectivity index (χ1n) is 9.86. The van der Waals surface area contributed by atoms with Crippen LogP contribution in [0.1, 0.15) is 23.2 Å². The van der Waals surface area contributed by atoms with E-state index in [0.29, 0.717) is 25.3 Å². The number of amides is 1. The van der Waals surface area contributed by atoms with E-state index in [-0.39, 0.29) is 11.5 Å². The minimum Gasteiger partial charge on any atom is -0.475 e. The number of aliphatic carboxylic acids is 1. The highest BCUT2D eigenvalue weighted by molar-refractivity contribution is 5.93. The number of alkyl halides is 3. The summed E-state index contributed by atoms with van der Waals surface area (Å²) in [4.78, 5) is 38.3. The van der Waals surface area contributed by atoms with E-state index in [2.05, 4.69) is 19.9 Å². The molecule has 32 heavy (non-hydrogen) atoms. The van der Waals surface area contributed by atoms with E-state index in [9.17, 15) is 18.0 Å². The summed E-state index contributed by atoms with van der Waals surface area (Å²) in [6, 6.07) is 5.42. The predicted octanol–water partition coefficient (Wildman–Crippen LogP) is 2.02. The van der Waals surface area contributed by atoms with Crippen LogP contribution in [-0.2, 0) is 9.53 Å². The lowest BCUT2D eigenvalue weighted by Gasteiger charge is -2.47. The van der Waals surface area contributed by atoms with E-state index < -0.39 is 12.1 Å². The van der Waals surface area contributed by atoms with E-state index >= 15 is 0 Å². The SMILES string of the molecule is O=C(O)C(F)(F)F.O=C(c1cccnc1)N1CCC2(CC1)CN(c1ncccn1)CCO2. The summed E-state index contributed by atoms with van der Waals surface area (Å²) in [6.45, 7) is 3.61. The molecule has 2 aromatic heterocycles. The zero-order valence-corrected chi connectivity index (χ0v) is 17.0. The molecule has 0 unspecified atom stereocenters. The first-order valence-corrected chi connectivity index (χ1v) is 9.86. The maximum absolute atomic E-state index is 12.6. The Balaban J connectivity index is 0.000000360. The Morgan fingerprint density at radius 3 is 2.28 bits per heavy atom. The van der Waals surface area contributed by atoms with Crippen LogP contribution in [0.3, 0.4) is 0 Å². The molecule has 1 N–H and O–H groups in total. The number of carboxylic acid groups (broad SMARTS) is 1. The largest absolute Gasteiger partial charge is 0.490 e. The van der Waals surface area contributed by atoms with Gasteiger partial charge in [0.2, 0.25) is 5.95 Å². The van der Waals surface area contributed by atoms with Crippen molar-refractivity contribution < 1.29 is 32.6 Å². The van der Waals surface area contributed by atoms with Crippen molar-refractivity contribution in [3.05, 3.63) is 48.5 Å². The molecule has 0 aromatic carbocycles. The average molecular weight is 453 g/mol. The van der Waals surface area contributed by atoms with Crippen molar-refractivity contribution in [2.45, 2.75) is 24.6 Å². The molecule has 1 spiro atoms. The molecule has 2 aromatic rings. The Labute approximate surface area is 181 Å². The van der Waals surface area contributed by atoms with Crippen LogP contribution in [0.15, 0.2) is 43.0 Å². The van der Waals surface area contributed by atoms with Crippen LogP contribution in [0.25, 0.3) is 0 Å². The lowest BCUT2D eigenvalue weighted by atomic mass is 9.89. The van der Waals surface area contributed by atoms with Gasteiger partial charge in [0, 0.05) is 44.4 Å². The van der Waals surface area contributed by atoms with E-state index in [0.717, 1.165) is 31.9 Å². The van der Waals surface area contributed by atoms with Gasteiger partial charge in [-0.25, -0.2) is 14.8 Å². The summed E-state index contributed by atoms with van der Waals surface area (Å²) in [7, 11) is 0. The number of aromatic nitrogens is 3. The number of halogens is 3. The molecule has 0 aliphatic carbocycles. The van der Waals surface area contributed by atoms with Crippen LogP contribution in [0.4, 0.5) is 19.1 Å². The van der Waals surface area contributed by atoms with Gasteiger partial charge in [0.1, 0.15) is 0 Å². The molecule has 0 saturated carbocycles. The zero-order valence-electron chi connectivity index (χ0n) is 17.0. The van der Waals surface area contributed by atoms with Crippen molar-refractivity contribution in [3.63, 3.8) is 0 Å². The van der Waals surface area contributed by atoms with Gasteiger partial charge in [-0.3, -0.25) is 9.78 Å². The lowest BCUT2D eigenvalue weighted by molar-refractivity contribution is -0.192. The Kier molecular flexibility index (Phi) is 7.23. The predicted molar refractivity (Wildman–Crippen MR) is 106 cm³/mol. The summed E-state index contributed by atoms with van der Waals surface area (Å²) in [6.07, 6.45) is 3.39. The molecule has 172 valence electrons. The van der Waals surface area contributed by atoms with E-state index in [1.54, 1.807) is 30.9 Å². The summed E-state index contributed by atoms with van der Waals surface area (Å²) < 4.78 is 37.9. The summed E-state index contributed by atoms with van der Waals surface area (Å²) in [5.74, 6) is -1.96. The number of hydrogen-bond acceptors (Lipinski definition) is 7. The Morgan fingerprint density at radius 1 is 1.06 bits per heavy atom. The third kappa shape index (κ3) is 5.90. The molecule has 4 rings (SSSR count). The quantitative estimate of drug-likeness (QED) is 0.736. The molecule has 2 fully saturated rings. The highest BCUT2D eigenvalue weighted by atomic mass is 19.4. The first kappa shape index (κ1) is 23.4. The van der Waals surface area contributed by atoms with Crippen molar-refractivity contribution in [1.82, 2.24) is 19.9 Å². The number of rotatable bonds is 2. The minimum absolute atomic E-state index is 0.0435. The number of carboxylic acids is 1. The molecular weight excluding hydrogens is 431 g/mol. The topological polar surface area (TPSA) is 109 Å². The van der Waals surface area contributed by atoms with Gasteiger partial charge in [-0.2, -0.15) is 13.2 Å². The third-order valence-electron chi connectivity index (χ3n) is 5.20. The zero-order chi connectivity index (χ0) is 23.2. The maximum Gasteiger partial charge on any atom is 0.490 e. The fraction of sp³-hybridized carbons (Fsp3) is 0.450. The molecule has 4 heterocycles. The van der Waals surface area contributed by atoms with Crippen LogP contribution in [-0.4, -0.2) is 81.4 Å². The van der Waals surface area contributed by atoms with E-state index in [1.165, 1.54) is 0 Å². The number of morpholine rings is 1. The normalized spacial score (nSPS) is 18.0. The van der Waals surface area contributed by atoms with Gasteiger partial charge >= 0.3 is 12.1 Å². The number of anilines is 1. The maximum atomic E-state index is 12.6. The number of likely N-dealkylation sites (tertiary alicyclic amines) is 1. The van der Waals surface area contributed by atoms with E-state index in [4.69, 9.17) is 14.6 Å². The smallest absolute Gasteiger partial charge is 0.475 e. The monoisotopic (exact) mass is 453 g/mol. The van der Waals surface area contributed by atoms with Gasteiger partial charge in [0.25, 0.3) is 5.91 Å². The molecule has 2 saturated heterocycles. The van der Waals surface area contributed by atoms with Crippen molar-refractivity contribution in [1.29, 1.82) is 0 Å². The Morgan fingerprint density at radius 2 is 1.72 bits per heavy atom. The van der Waals surface area contributed by atoms with Crippen molar-refractivity contribution >= 4 is 17.8 Å². The Hall–Kier alpha value is -3.28. The second-order valence-corrected chi connectivity index (χ2v) is 7.34. The molecule has 9 nitrogen and oxygen atoms in total. The summed E-state index contributed by atoms with van der Waals surface area (Å²) >= 11 is 0. The van der Waals surface area contributed by atoms with Gasteiger partial charge in [-0.05, 0) is 31.0 Å². The molecular formula is C20H22F3N5O4. The van der Waals surface area contributed by atoms with Gasteiger partial charge in [0.15, 0.2) is 0 Å². The fourth-order valence-corrected chi connectivity index (χ4v) is 3.56. The van der Waals surface area contributed by atoms with Crippen molar-refractivity contribution in [2.75, 3.05) is 37.7 Å². The number of carbonyl (C=O) groups is 2. The fourth-order valence-electron chi connectivity index (χ4n) is 3.56. The van der Waals surface area contributed by atoms with Crippen molar-refractivity contribution in [3.8, 4) is 0 Å². The van der Waals surface area contributed by atoms with Gasteiger partial charge in [-0.1, -0.05) is 0 Å². The van der Waals surface area contributed by atoms with Crippen LogP contribution in [0.2, 0.25) is 0 Å². The van der Waals surface area contributed by atoms with Crippen LogP contribution in [0.5, 0.6) is 0 Å². The highest BCUT2D eigenvalue weighted by Gasteiger charge is 2.41. The molecule has 2 aliphatic rings. The van der Waals surface area contributed by atoms with Crippen LogP contribution < -0.4 is 4.90 Å². The molecule has 0 atom stereocenters. The molecule has 12 heteroatoms. The number of carbonyl (C=O) groups excluding carboxylic acids is 1. The average Bonchev–Trinajstić information content (AvgIpc) is 2.80. The lowest BCUT2D eigenvalue weighted by Crippen LogP contribution is -2.58. The number of pyridine rings is 1. The standard InChI is InChI=1S/C18H21N5O2.C2HF3O2/c24-16(15-3-1-6-19-13-15)22-9-4-18(5-10-22)14-23(11-12-25-18)17-20-7-2-8-21-17;3-2(4,5)1(6)7/h1-3,6-8,13H,4-5,9-12,14H2;(H,6,7). The molecule has 1 amide bonds.